The molecule has 2 rings (SSSR count). The Morgan fingerprint density at radius 3 is 2.35 bits per heavy atom. The molecule has 2 aromatic rings. The third kappa shape index (κ3) is 3.22. The molecule has 1 N–H and O–H groups in total. The number of thiol groups is 1. The Labute approximate surface area is 130 Å². The molecule has 0 aliphatic carbocycles. The quantitative estimate of drug-likeness (QED) is 0.749. The fourth-order valence-electron chi connectivity index (χ4n) is 1.95. The van der Waals surface area contributed by atoms with Gasteiger partial charge in [-0.05, 0) is 55.3 Å². The second-order valence-electron chi connectivity index (χ2n) is 4.53. The number of hydrogen-bond donors (Lipinski definition) is 2. The van der Waals surface area contributed by atoms with Crippen LogP contribution in [-0.4, -0.2) is 5.91 Å². The van der Waals surface area contributed by atoms with Gasteiger partial charge in [0, 0.05) is 20.6 Å². The summed E-state index contributed by atoms with van der Waals surface area (Å²) in [6, 6.07) is 7.94. The van der Waals surface area contributed by atoms with Crippen LogP contribution in [0, 0.1) is 19.7 Å². The highest BCUT2D eigenvalue weighted by Gasteiger charge is 2.12. The molecule has 2 nitrogen and oxygen atoms in total. The summed E-state index contributed by atoms with van der Waals surface area (Å²) in [5, 5.41) is 2.85. The molecule has 5 heteroatoms. The maximum atomic E-state index is 13.1. The molecule has 0 spiro atoms. The molecule has 2 aromatic carbocycles. The van der Waals surface area contributed by atoms with Gasteiger partial charge in [0.2, 0.25) is 0 Å². The third-order valence-corrected chi connectivity index (χ3v) is 3.74. The summed E-state index contributed by atoms with van der Waals surface area (Å²) in [5.41, 5.74) is 3.05. The standard InChI is InChI=1S/C15H13BrFNOS/c1-8-5-11(16)6-9(2)14(8)18-15(19)10-3-4-12(17)13(20)7-10/h3-7,20H,1-2H3,(H,18,19). The van der Waals surface area contributed by atoms with Crippen molar-refractivity contribution in [1.29, 1.82) is 0 Å². The third-order valence-electron chi connectivity index (χ3n) is 2.94. The molecule has 104 valence electrons. The van der Waals surface area contributed by atoms with Gasteiger partial charge in [-0.25, -0.2) is 4.39 Å². The Morgan fingerprint density at radius 2 is 1.80 bits per heavy atom. The maximum absolute atomic E-state index is 13.1. The van der Waals surface area contributed by atoms with Gasteiger partial charge in [-0.2, -0.15) is 0 Å². The van der Waals surface area contributed by atoms with Gasteiger partial charge >= 0.3 is 0 Å². The minimum atomic E-state index is -0.444. The van der Waals surface area contributed by atoms with Crippen LogP contribution in [0.3, 0.4) is 0 Å². The number of anilines is 1. The number of aryl methyl sites for hydroxylation is 2. The van der Waals surface area contributed by atoms with E-state index in [1.807, 2.05) is 26.0 Å². The number of halogens is 2. The maximum Gasteiger partial charge on any atom is 0.255 e. The van der Waals surface area contributed by atoms with Gasteiger partial charge in [-0.1, -0.05) is 15.9 Å². The molecule has 0 unspecified atom stereocenters. The Balaban J connectivity index is 2.30. The Morgan fingerprint density at radius 1 is 1.20 bits per heavy atom. The molecular formula is C15H13BrFNOS. The summed E-state index contributed by atoms with van der Waals surface area (Å²) in [4.78, 5) is 12.3. The van der Waals surface area contributed by atoms with E-state index in [1.165, 1.54) is 18.2 Å². The number of carbonyl (C=O) groups is 1. The van der Waals surface area contributed by atoms with Gasteiger partial charge in [0.15, 0.2) is 0 Å². The van der Waals surface area contributed by atoms with Crippen molar-refractivity contribution in [2.24, 2.45) is 0 Å². The number of benzene rings is 2. The molecule has 0 bridgehead atoms. The topological polar surface area (TPSA) is 29.1 Å². The molecule has 0 radical (unpaired) electrons. The second-order valence-corrected chi connectivity index (χ2v) is 5.93. The van der Waals surface area contributed by atoms with E-state index in [0.717, 1.165) is 21.3 Å². The zero-order chi connectivity index (χ0) is 14.9. The number of rotatable bonds is 2. The molecule has 0 aliphatic heterocycles. The van der Waals surface area contributed by atoms with Crippen molar-refractivity contribution < 1.29 is 9.18 Å². The fourth-order valence-corrected chi connectivity index (χ4v) is 2.85. The second kappa shape index (κ2) is 5.97. The minimum absolute atomic E-state index is 0.155. The van der Waals surface area contributed by atoms with Gasteiger partial charge in [0.05, 0.1) is 0 Å². The van der Waals surface area contributed by atoms with Gasteiger partial charge in [0.25, 0.3) is 5.91 Å². The Bertz CT molecular complexity index is 665. The summed E-state index contributed by atoms with van der Waals surface area (Å²) < 4.78 is 14.1. The van der Waals surface area contributed by atoms with E-state index in [-0.39, 0.29) is 10.8 Å². The zero-order valence-electron chi connectivity index (χ0n) is 11.0. The molecule has 0 atom stereocenters. The van der Waals surface area contributed by atoms with E-state index in [9.17, 15) is 9.18 Å². The van der Waals surface area contributed by atoms with Crippen molar-refractivity contribution >= 4 is 40.2 Å². The van der Waals surface area contributed by atoms with Crippen molar-refractivity contribution in [1.82, 2.24) is 0 Å². The first kappa shape index (κ1) is 15.1. The number of nitrogens with one attached hydrogen (secondary N) is 1. The fraction of sp³-hybridized carbons (Fsp3) is 0.133. The summed E-state index contributed by atoms with van der Waals surface area (Å²) in [7, 11) is 0. The minimum Gasteiger partial charge on any atom is -0.322 e. The lowest BCUT2D eigenvalue weighted by molar-refractivity contribution is 0.102. The highest BCUT2D eigenvalue weighted by atomic mass is 79.9. The molecule has 0 fully saturated rings. The normalized spacial score (nSPS) is 10.4. The largest absolute Gasteiger partial charge is 0.322 e. The predicted octanol–water partition coefficient (Wildman–Crippen LogP) is 4.75. The van der Waals surface area contributed by atoms with Gasteiger partial charge in [-0.15, -0.1) is 12.6 Å². The van der Waals surface area contributed by atoms with Gasteiger partial charge in [-0.3, -0.25) is 4.79 Å². The van der Waals surface area contributed by atoms with E-state index < -0.39 is 5.82 Å². The van der Waals surface area contributed by atoms with Gasteiger partial charge < -0.3 is 5.32 Å². The van der Waals surface area contributed by atoms with E-state index >= 15 is 0 Å². The molecule has 0 heterocycles. The first-order valence-corrected chi connectivity index (χ1v) is 7.19. The van der Waals surface area contributed by atoms with Crippen molar-refractivity contribution in [2.75, 3.05) is 5.32 Å². The van der Waals surface area contributed by atoms with Gasteiger partial charge in [0.1, 0.15) is 5.82 Å². The van der Waals surface area contributed by atoms with E-state index in [0.29, 0.717) is 5.56 Å². The van der Waals surface area contributed by atoms with E-state index in [2.05, 4.69) is 33.9 Å². The number of hydrogen-bond acceptors (Lipinski definition) is 2. The molecular weight excluding hydrogens is 341 g/mol. The van der Waals surface area contributed by atoms with Crippen LogP contribution in [0.4, 0.5) is 10.1 Å². The van der Waals surface area contributed by atoms with Crippen LogP contribution >= 0.6 is 28.6 Å². The van der Waals surface area contributed by atoms with Crippen LogP contribution in [-0.2, 0) is 0 Å². The SMILES string of the molecule is Cc1cc(Br)cc(C)c1NC(=O)c1ccc(F)c(S)c1. The van der Waals surface area contributed by atoms with E-state index in [1.54, 1.807) is 0 Å². The van der Waals surface area contributed by atoms with Crippen LogP contribution in [0.1, 0.15) is 21.5 Å². The molecule has 0 aliphatic rings. The van der Waals surface area contributed by atoms with Crippen LogP contribution in [0.5, 0.6) is 0 Å². The average molecular weight is 354 g/mol. The van der Waals surface area contributed by atoms with Crippen molar-refractivity contribution in [3.8, 4) is 0 Å². The highest BCUT2D eigenvalue weighted by Crippen LogP contribution is 2.26. The number of amides is 1. The van der Waals surface area contributed by atoms with Crippen LogP contribution in [0.15, 0.2) is 39.7 Å². The molecule has 20 heavy (non-hydrogen) atoms. The number of carbonyl (C=O) groups excluding carboxylic acids is 1. The van der Waals surface area contributed by atoms with Crippen molar-refractivity contribution in [3.05, 3.63) is 57.3 Å². The summed E-state index contributed by atoms with van der Waals surface area (Å²) in [5.74, 6) is -0.727. The Hall–Kier alpha value is -1.33. The molecule has 1 amide bonds. The average Bonchev–Trinajstić information content (AvgIpc) is 2.36. The molecule has 0 saturated heterocycles. The predicted molar refractivity (Wildman–Crippen MR) is 85.2 cm³/mol. The van der Waals surface area contributed by atoms with Crippen molar-refractivity contribution in [2.45, 2.75) is 18.7 Å². The molecule has 0 saturated carbocycles. The van der Waals surface area contributed by atoms with E-state index in [4.69, 9.17) is 0 Å². The molecule has 0 aromatic heterocycles. The Kier molecular flexibility index (Phi) is 4.50. The highest BCUT2D eigenvalue weighted by molar-refractivity contribution is 9.10. The van der Waals surface area contributed by atoms with Crippen LogP contribution in [0.2, 0.25) is 0 Å². The lowest BCUT2D eigenvalue weighted by atomic mass is 10.1. The lowest BCUT2D eigenvalue weighted by Crippen LogP contribution is -2.14. The van der Waals surface area contributed by atoms with Crippen LogP contribution in [0.25, 0.3) is 0 Å². The summed E-state index contributed by atoms with van der Waals surface area (Å²) >= 11 is 7.39. The first-order chi connectivity index (χ1) is 9.38. The van der Waals surface area contributed by atoms with Crippen LogP contribution < -0.4 is 5.32 Å². The monoisotopic (exact) mass is 353 g/mol. The zero-order valence-corrected chi connectivity index (χ0v) is 13.5. The first-order valence-electron chi connectivity index (χ1n) is 5.95. The smallest absolute Gasteiger partial charge is 0.255 e. The lowest BCUT2D eigenvalue weighted by Gasteiger charge is -2.12. The summed E-state index contributed by atoms with van der Waals surface area (Å²) in [6.45, 7) is 3.84. The summed E-state index contributed by atoms with van der Waals surface area (Å²) in [6.07, 6.45) is 0. The van der Waals surface area contributed by atoms with Crippen molar-refractivity contribution in [3.63, 3.8) is 0 Å².